The molecule has 0 aliphatic heterocycles. The Morgan fingerprint density at radius 2 is 1.83 bits per heavy atom. The molecule has 0 fully saturated rings. The van der Waals surface area contributed by atoms with Gasteiger partial charge in [-0.1, -0.05) is 43.3 Å². The number of ether oxygens (including phenoxy) is 2. The predicted molar refractivity (Wildman–Crippen MR) is 134 cm³/mol. The number of para-hydroxylation sites is 1. The Hall–Kier alpha value is -3.71. The number of carboxylic acids is 1. The molecule has 7 heteroatoms. The van der Waals surface area contributed by atoms with E-state index in [1.54, 1.807) is 0 Å². The largest absolute Gasteiger partial charge is 0.493 e. The minimum atomic E-state index is -0.952. The van der Waals surface area contributed by atoms with Gasteiger partial charge in [0.05, 0.1) is 23.9 Å². The molecular weight excluding hydrogens is 444 g/mol. The maximum atomic E-state index is 11.5. The lowest BCUT2D eigenvalue weighted by Gasteiger charge is -2.18. The number of fused-ring (bicyclic) bond motifs is 1. The fraction of sp³-hybridized carbons (Fsp3) is 0.321. The standard InChI is InChI=1S/C28H30N2O5/c1-4-18(2)34-26(28(31)32)17-20-9-12-22(13-10-20)33-16-15-23-19(3)35-27(30-23)25-14-11-21-7-5-6-8-24(21)29-25/h5-14,18,26H,4,15-17H2,1-3H3,(H,31,32). The van der Waals surface area contributed by atoms with Gasteiger partial charge in [-0.15, -0.1) is 0 Å². The van der Waals surface area contributed by atoms with Gasteiger partial charge >= 0.3 is 5.97 Å². The Morgan fingerprint density at radius 1 is 1.06 bits per heavy atom. The minimum absolute atomic E-state index is 0.101. The van der Waals surface area contributed by atoms with Crippen molar-refractivity contribution < 1.29 is 23.8 Å². The number of rotatable bonds is 11. The van der Waals surface area contributed by atoms with E-state index in [1.165, 1.54) is 0 Å². The average molecular weight is 475 g/mol. The zero-order valence-electron chi connectivity index (χ0n) is 20.2. The van der Waals surface area contributed by atoms with E-state index in [9.17, 15) is 9.90 Å². The molecule has 2 heterocycles. The third-order valence-electron chi connectivity index (χ3n) is 5.91. The zero-order valence-corrected chi connectivity index (χ0v) is 20.2. The molecule has 0 saturated carbocycles. The van der Waals surface area contributed by atoms with E-state index >= 15 is 0 Å². The van der Waals surface area contributed by atoms with Crippen molar-refractivity contribution >= 4 is 16.9 Å². The van der Waals surface area contributed by atoms with Crippen molar-refractivity contribution in [1.29, 1.82) is 0 Å². The number of oxazole rings is 1. The van der Waals surface area contributed by atoms with Crippen LogP contribution >= 0.6 is 0 Å². The molecule has 4 aromatic rings. The number of aryl methyl sites for hydroxylation is 1. The maximum absolute atomic E-state index is 11.5. The van der Waals surface area contributed by atoms with Gasteiger partial charge in [0, 0.05) is 18.2 Å². The molecule has 35 heavy (non-hydrogen) atoms. The summed E-state index contributed by atoms with van der Waals surface area (Å²) in [5.74, 6) is 1.00. The number of pyridine rings is 1. The van der Waals surface area contributed by atoms with Crippen LogP contribution in [0.4, 0.5) is 0 Å². The summed E-state index contributed by atoms with van der Waals surface area (Å²) in [6.45, 7) is 6.18. The lowest BCUT2D eigenvalue weighted by Crippen LogP contribution is -2.30. The van der Waals surface area contributed by atoms with Crippen molar-refractivity contribution in [2.75, 3.05) is 6.61 Å². The van der Waals surface area contributed by atoms with Crippen molar-refractivity contribution in [2.45, 2.75) is 52.2 Å². The molecule has 2 unspecified atom stereocenters. The first-order valence-electron chi connectivity index (χ1n) is 11.9. The molecule has 0 spiro atoms. The summed E-state index contributed by atoms with van der Waals surface area (Å²) in [6.07, 6.45) is 0.703. The zero-order chi connectivity index (χ0) is 24.8. The lowest BCUT2D eigenvalue weighted by atomic mass is 10.1. The highest BCUT2D eigenvalue weighted by Crippen LogP contribution is 2.23. The van der Waals surface area contributed by atoms with E-state index in [1.807, 2.05) is 81.4 Å². The Morgan fingerprint density at radius 3 is 2.57 bits per heavy atom. The predicted octanol–water partition coefficient (Wildman–Crippen LogP) is 5.63. The van der Waals surface area contributed by atoms with Crippen molar-refractivity contribution in [3.63, 3.8) is 0 Å². The van der Waals surface area contributed by atoms with Crippen LogP contribution in [0.3, 0.4) is 0 Å². The second kappa shape index (κ2) is 11.1. The van der Waals surface area contributed by atoms with Crippen molar-refractivity contribution in [2.24, 2.45) is 0 Å². The summed E-state index contributed by atoms with van der Waals surface area (Å²) >= 11 is 0. The number of aromatic nitrogens is 2. The molecule has 182 valence electrons. The third kappa shape index (κ3) is 6.25. The van der Waals surface area contributed by atoms with Crippen LogP contribution in [0.5, 0.6) is 5.75 Å². The highest BCUT2D eigenvalue weighted by molar-refractivity contribution is 5.80. The first-order chi connectivity index (χ1) is 16.9. The molecule has 7 nitrogen and oxygen atoms in total. The van der Waals surface area contributed by atoms with Crippen LogP contribution < -0.4 is 4.74 Å². The average Bonchev–Trinajstić information content (AvgIpc) is 3.24. The fourth-order valence-corrected chi connectivity index (χ4v) is 3.73. The van der Waals surface area contributed by atoms with Gasteiger partial charge in [0.1, 0.15) is 17.2 Å². The van der Waals surface area contributed by atoms with Crippen LogP contribution in [-0.2, 0) is 22.4 Å². The lowest BCUT2D eigenvalue weighted by molar-refractivity contribution is -0.153. The van der Waals surface area contributed by atoms with Gasteiger partial charge in [0.2, 0.25) is 5.89 Å². The van der Waals surface area contributed by atoms with Gasteiger partial charge < -0.3 is 19.0 Å². The van der Waals surface area contributed by atoms with Crippen LogP contribution in [0, 0.1) is 6.92 Å². The first-order valence-corrected chi connectivity index (χ1v) is 11.9. The number of nitrogens with zero attached hydrogens (tertiary/aromatic N) is 2. The summed E-state index contributed by atoms with van der Waals surface area (Å²) < 4.78 is 17.4. The molecule has 2 aromatic heterocycles. The minimum Gasteiger partial charge on any atom is -0.493 e. The summed E-state index contributed by atoms with van der Waals surface area (Å²) in [5.41, 5.74) is 3.31. The smallest absolute Gasteiger partial charge is 0.333 e. The van der Waals surface area contributed by atoms with E-state index in [0.717, 1.165) is 34.3 Å². The van der Waals surface area contributed by atoms with Crippen molar-refractivity contribution in [3.8, 4) is 17.3 Å². The SMILES string of the molecule is CCC(C)OC(Cc1ccc(OCCc2nc(-c3ccc4ccccc4n3)oc2C)cc1)C(=O)O. The molecule has 0 aliphatic carbocycles. The second-order valence-corrected chi connectivity index (χ2v) is 8.54. The number of carboxylic acid groups (broad SMARTS) is 1. The van der Waals surface area contributed by atoms with E-state index in [-0.39, 0.29) is 6.10 Å². The normalized spacial score (nSPS) is 13.0. The first kappa shape index (κ1) is 24.4. The number of hydrogen-bond acceptors (Lipinski definition) is 6. The summed E-state index contributed by atoms with van der Waals surface area (Å²) in [4.78, 5) is 20.8. The Labute approximate surface area is 204 Å². The van der Waals surface area contributed by atoms with Gasteiger partial charge in [-0.2, -0.15) is 0 Å². The third-order valence-corrected chi connectivity index (χ3v) is 5.91. The molecule has 0 saturated heterocycles. The van der Waals surface area contributed by atoms with Gasteiger partial charge in [-0.25, -0.2) is 14.8 Å². The number of carbonyl (C=O) groups is 1. The molecule has 0 amide bonds. The molecule has 0 bridgehead atoms. The molecular formula is C28H30N2O5. The number of benzene rings is 2. The molecule has 2 aromatic carbocycles. The molecule has 1 N–H and O–H groups in total. The molecule has 0 radical (unpaired) electrons. The summed E-state index contributed by atoms with van der Waals surface area (Å²) in [6, 6.07) is 19.3. The highest BCUT2D eigenvalue weighted by atomic mass is 16.5. The van der Waals surface area contributed by atoms with E-state index in [2.05, 4.69) is 9.97 Å². The molecule has 4 rings (SSSR count). The molecule has 0 aliphatic rings. The van der Waals surface area contributed by atoms with Crippen LogP contribution in [-0.4, -0.2) is 39.9 Å². The Balaban J connectivity index is 1.33. The number of hydrogen-bond donors (Lipinski definition) is 1. The fourth-order valence-electron chi connectivity index (χ4n) is 3.73. The number of aliphatic carboxylic acids is 1. The Kier molecular flexibility index (Phi) is 7.77. The van der Waals surface area contributed by atoms with Crippen LogP contribution in [0.25, 0.3) is 22.5 Å². The van der Waals surface area contributed by atoms with Crippen molar-refractivity contribution in [1.82, 2.24) is 9.97 Å². The van der Waals surface area contributed by atoms with Crippen LogP contribution in [0.1, 0.15) is 37.3 Å². The topological polar surface area (TPSA) is 94.7 Å². The van der Waals surface area contributed by atoms with E-state index in [4.69, 9.17) is 13.9 Å². The summed E-state index contributed by atoms with van der Waals surface area (Å²) in [7, 11) is 0. The highest BCUT2D eigenvalue weighted by Gasteiger charge is 2.21. The van der Waals surface area contributed by atoms with Crippen LogP contribution in [0.2, 0.25) is 0 Å². The van der Waals surface area contributed by atoms with E-state index in [0.29, 0.717) is 36.8 Å². The van der Waals surface area contributed by atoms with Gasteiger partial charge in [-0.3, -0.25) is 0 Å². The maximum Gasteiger partial charge on any atom is 0.333 e. The monoisotopic (exact) mass is 474 g/mol. The van der Waals surface area contributed by atoms with Gasteiger partial charge in [0.25, 0.3) is 0 Å². The van der Waals surface area contributed by atoms with E-state index < -0.39 is 12.1 Å². The second-order valence-electron chi connectivity index (χ2n) is 8.54. The Bertz CT molecular complexity index is 1280. The molecule has 2 atom stereocenters. The van der Waals surface area contributed by atoms with Gasteiger partial charge in [0.15, 0.2) is 6.10 Å². The summed E-state index contributed by atoms with van der Waals surface area (Å²) in [5, 5.41) is 10.5. The van der Waals surface area contributed by atoms with Crippen LogP contribution in [0.15, 0.2) is 65.1 Å². The quantitative estimate of drug-likeness (QED) is 0.301. The van der Waals surface area contributed by atoms with Crippen molar-refractivity contribution in [3.05, 3.63) is 77.7 Å². The van der Waals surface area contributed by atoms with Gasteiger partial charge in [-0.05, 0) is 50.1 Å².